The number of aryl methyl sites for hydroxylation is 3. The van der Waals surface area contributed by atoms with Crippen molar-refractivity contribution >= 4 is 17.6 Å². The molecular weight excluding hydrogens is 370 g/mol. The molecule has 0 bridgehead atoms. The van der Waals surface area contributed by atoms with Gasteiger partial charge >= 0.3 is 5.97 Å². The lowest BCUT2D eigenvalue weighted by molar-refractivity contribution is -0.153. The summed E-state index contributed by atoms with van der Waals surface area (Å²) >= 11 is 0. The van der Waals surface area contributed by atoms with E-state index in [2.05, 4.69) is 11.4 Å². The topological polar surface area (TPSA) is 73.9 Å². The zero-order chi connectivity index (χ0) is 20.8. The molecular formula is C23H27NO5. The number of carbonyl (C=O) groups is 2. The molecule has 0 unspecified atom stereocenters. The summed E-state index contributed by atoms with van der Waals surface area (Å²) in [4.78, 5) is 24.5. The highest BCUT2D eigenvalue weighted by atomic mass is 16.5. The van der Waals surface area contributed by atoms with Crippen LogP contribution in [-0.4, -0.2) is 32.2 Å². The largest absolute Gasteiger partial charge is 0.493 e. The smallest absolute Gasteiger partial charge is 0.306 e. The van der Waals surface area contributed by atoms with Crippen LogP contribution in [-0.2, 0) is 33.6 Å². The van der Waals surface area contributed by atoms with Gasteiger partial charge in [-0.1, -0.05) is 12.1 Å². The van der Waals surface area contributed by atoms with Crippen LogP contribution in [0, 0.1) is 0 Å². The van der Waals surface area contributed by atoms with Crippen LogP contribution in [0.25, 0.3) is 0 Å². The van der Waals surface area contributed by atoms with Crippen LogP contribution in [0.4, 0.5) is 5.69 Å². The molecule has 0 aromatic heterocycles. The first-order chi connectivity index (χ1) is 14.0. The third-order valence-electron chi connectivity index (χ3n) is 5.11. The van der Waals surface area contributed by atoms with E-state index in [1.807, 2.05) is 24.3 Å². The summed E-state index contributed by atoms with van der Waals surface area (Å²) in [5.74, 6) is 0.495. The van der Waals surface area contributed by atoms with Crippen molar-refractivity contribution in [3.8, 4) is 11.5 Å². The summed E-state index contributed by atoms with van der Waals surface area (Å²) < 4.78 is 15.8. The van der Waals surface area contributed by atoms with E-state index in [-0.39, 0.29) is 12.3 Å². The fourth-order valence-electron chi connectivity index (χ4n) is 3.49. The number of hydrogen-bond donors (Lipinski definition) is 1. The Hall–Kier alpha value is -3.02. The number of benzene rings is 2. The fourth-order valence-corrected chi connectivity index (χ4v) is 3.49. The Labute approximate surface area is 171 Å². The van der Waals surface area contributed by atoms with Gasteiger partial charge in [0.2, 0.25) is 0 Å². The molecule has 1 aliphatic rings. The first kappa shape index (κ1) is 20.7. The summed E-state index contributed by atoms with van der Waals surface area (Å²) in [6.45, 7) is 1.58. The summed E-state index contributed by atoms with van der Waals surface area (Å²) in [5.41, 5.74) is 4.29. The standard InChI is InChI=1S/C23H27NO5/c1-15(23(26)24-19-10-9-17-5-4-6-18(17)14-19)29-22(25)12-8-16-7-11-20(27-2)21(13-16)28-3/h7,9-11,13-15H,4-6,8,12H2,1-3H3,(H,24,26)/t15-/m0/s1. The second kappa shape index (κ2) is 9.45. The number of rotatable bonds is 8. The van der Waals surface area contributed by atoms with Crippen LogP contribution in [0.1, 0.15) is 36.5 Å². The summed E-state index contributed by atoms with van der Waals surface area (Å²) in [6, 6.07) is 11.5. The van der Waals surface area contributed by atoms with Gasteiger partial charge in [-0.2, -0.15) is 0 Å². The number of ether oxygens (including phenoxy) is 3. The van der Waals surface area contributed by atoms with Crippen molar-refractivity contribution in [3.05, 3.63) is 53.1 Å². The molecule has 29 heavy (non-hydrogen) atoms. The minimum Gasteiger partial charge on any atom is -0.493 e. The van der Waals surface area contributed by atoms with E-state index < -0.39 is 12.1 Å². The van der Waals surface area contributed by atoms with Gasteiger partial charge in [-0.15, -0.1) is 0 Å². The normalized spacial score (nSPS) is 13.3. The van der Waals surface area contributed by atoms with Gasteiger partial charge in [-0.3, -0.25) is 9.59 Å². The molecule has 1 atom stereocenters. The summed E-state index contributed by atoms with van der Waals surface area (Å²) in [7, 11) is 3.14. The highest BCUT2D eigenvalue weighted by molar-refractivity contribution is 5.95. The monoisotopic (exact) mass is 397 g/mol. The number of hydrogen-bond acceptors (Lipinski definition) is 5. The van der Waals surface area contributed by atoms with Crippen molar-refractivity contribution < 1.29 is 23.8 Å². The van der Waals surface area contributed by atoms with Crippen molar-refractivity contribution in [1.82, 2.24) is 0 Å². The lowest BCUT2D eigenvalue weighted by Crippen LogP contribution is -2.30. The molecule has 3 rings (SSSR count). The van der Waals surface area contributed by atoms with Crippen LogP contribution >= 0.6 is 0 Å². The van der Waals surface area contributed by atoms with Gasteiger partial charge < -0.3 is 19.5 Å². The Balaban J connectivity index is 1.49. The number of esters is 1. The quantitative estimate of drug-likeness (QED) is 0.688. The molecule has 6 nitrogen and oxygen atoms in total. The molecule has 1 N–H and O–H groups in total. The zero-order valence-electron chi connectivity index (χ0n) is 17.1. The molecule has 2 aromatic rings. The molecule has 0 heterocycles. The number of methoxy groups -OCH3 is 2. The summed E-state index contributed by atoms with van der Waals surface area (Å²) in [6.07, 6.45) is 3.09. The molecule has 0 aliphatic heterocycles. The van der Waals surface area contributed by atoms with Gasteiger partial charge in [-0.25, -0.2) is 0 Å². The molecule has 0 radical (unpaired) electrons. The van der Waals surface area contributed by atoms with Crippen LogP contribution in [0.2, 0.25) is 0 Å². The molecule has 154 valence electrons. The van der Waals surface area contributed by atoms with E-state index >= 15 is 0 Å². The van der Waals surface area contributed by atoms with Crippen molar-refractivity contribution in [1.29, 1.82) is 0 Å². The maximum Gasteiger partial charge on any atom is 0.306 e. The van der Waals surface area contributed by atoms with Crippen LogP contribution in [0.5, 0.6) is 11.5 Å². The van der Waals surface area contributed by atoms with Crippen molar-refractivity contribution in [3.63, 3.8) is 0 Å². The van der Waals surface area contributed by atoms with Gasteiger partial charge in [0.25, 0.3) is 5.91 Å². The van der Waals surface area contributed by atoms with Gasteiger partial charge in [-0.05, 0) is 73.6 Å². The van der Waals surface area contributed by atoms with E-state index in [0.29, 0.717) is 17.9 Å². The predicted molar refractivity (Wildman–Crippen MR) is 111 cm³/mol. The van der Waals surface area contributed by atoms with Crippen LogP contribution in [0.15, 0.2) is 36.4 Å². The van der Waals surface area contributed by atoms with Gasteiger partial charge in [0, 0.05) is 12.1 Å². The molecule has 0 saturated carbocycles. The lowest BCUT2D eigenvalue weighted by Gasteiger charge is -2.14. The van der Waals surface area contributed by atoms with E-state index in [4.69, 9.17) is 14.2 Å². The third-order valence-corrected chi connectivity index (χ3v) is 5.11. The molecule has 1 amide bonds. The number of fused-ring (bicyclic) bond motifs is 1. The number of amides is 1. The minimum absolute atomic E-state index is 0.173. The first-order valence-corrected chi connectivity index (χ1v) is 9.83. The fraction of sp³-hybridized carbons (Fsp3) is 0.391. The highest BCUT2D eigenvalue weighted by Crippen LogP contribution is 2.28. The Morgan fingerprint density at radius 2 is 1.76 bits per heavy atom. The number of anilines is 1. The van der Waals surface area contributed by atoms with E-state index in [1.165, 1.54) is 11.1 Å². The van der Waals surface area contributed by atoms with E-state index in [9.17, 15) is 9.59 Å². The highest BCUT2D eigenvalue weighted by Gasteiger charge is 2.19. The average molecular weight is 397 g/mol. The Bertz CT molecular complexity index is 893. The van der Waals surface area contributed by atoms with Crippen molar-refractivity contribution in [2.45, 2.75) is 45.1 Å². The lowest BCUT2D eigenvalue weighted by atomic mass is 10.1. The maximum atomic E-state index is 12.4. The van der Waals surface area contributed by atoms with Crippen LogP contribution < -0.4 is 14.8 Å². The third kappa shape index (κ3) is 5.28. The van der Waals surface area contributed by atoms with Gasteiger partial charge in [0.15, 0.2) is 17.6 Å². The molecule has 2 aromatic carbocycles. The Morgan fingerprint density at radius 3 is 2.52 bits per heavy atom. The van der Waals surface area contributed by atoms with Gasteiger partial charge in [0.05, 0.1) is 14.2 Å². The van der Waals surface area contributed by atoms with E-state index in [0.717, 1.165) is 30.5 Å². The summed E-state index contributed by atoms with van der Waals surface area (Å²) in [5, 5.41) is 2.83. The van der Waals surface area contributed by atoms with Crippen molar-refractivity contribution in [2.75, 3.05) is 19.5 Å². The predicted octanol–water partition coefficient (Wildman–Crippen LogP) is 3.70. The van der Waals surface area contributed by atoms with E-state index in [1.54, 1.807) is 27.2 Å². The molecule has 0 fully saturated rings. The maximum absolute atomic E-state index is 12.4. The minimum atomic E-state index is -0.860. The Kier molecular flexibility index (Phi) is 6.75. The molecule has 1 aliphatic carbocycles. The second-order valence-corrected chi connectivity index (χ2v) is 7.15. The first-order valence-electron chi connectivity index (χ1n) is 9.83. The zero-order valence-corrected chi connectivity index (χ0v) is 17.1. The molecule has 0 spiro atoms. The number of carbonyl (C=O) groups excluding carboxylic acids is 2. The molecule has 0 saturated heterocycles. The second-order valence-electron chi connectivity index (χ2n) is 7.15. The number of nitrogens with one attached hydrogen (secondary N) is 1. The van der Waals surface area contributed by atoms with Gasteiger partial charge in [0.1, 0.15) is 0 Å². The Morgan fingerprint density at radius 1 is 1.00 bits per heavy atom. The average Bonchev–Trinajstić information content (AvgIpc) is 3.19. The van der Waals surface area contributed by atoms with Crippen molar-refractivity contribution in [2.24, 2.45) is 0 Å². The SMILES string of the molecule is COc1ccc(CCC(=O)O[C@@H](C)C(=O)Nc2ccc3c(c2)CCC3)cc1OC. The molecule has 6 heteroatoms. The van der Waals surface area contributed by atoms with Crippen LogP contribution in [0.3, 0.4) is 0 Å².